The monoisotopic (exact) mass is 430 g/mol. The third-order valence-electron chi connectivity index (χ3n) is 5.15. The largest absolute Gasteiger partial charge is 0.508 e. The predicted octanol–water partition coefficient (Wildman–Crippen LogP) is 5.04. The van der Waals surface area contributed by atoms with Gasteiger partial charge in [0.1, 0.15) is 23.0 Å². The van der Waals surface area contributed by atoms with Gasteiger partial charge in [-0.05, 0) is 30.3 Å². The molecule has 0 amide bonds. The number of hydrogen-bond acceptors (Lipinski definition) is 6. The van der Waals surface area contributed by atoms with Gasteiger partial charge in [0.2, 0.25) is 0 Å². The Kier molecular flexibility index (Phi) is 5.71. The highest BCUT2D eigenvalue weighted by Gasteiger charge is 2.53. The number of rotatable bonds is 4. The average Bonchev–Trinajstić information content (AvgIpc) is 3.07. The molecule has 0 aromatic heterocycles. The van der Waals surface area contributed by atoms with Gasteiger partial charge in [0.05, 0.1) is 18.8 Å². The van der Waals surface area contributed by atoms with E-state index in [9.17, 15) is 15.0 Å². The molecule has 5 rings (SSSR count). The summed E-state index contributed by atoms with van der Waals surface area (Å²) in [5.41, 5.74) is 1.28. The molecular formula is C26H22O6. The van der Waals surface area contributed by atoms with Crippen LogP contribution in [-0.2, 0) is 15.1 Å². The molecule has 0 saturated heterocycles. The summed E-state index contributed by atoms with van der Waals surface area (Å²) in [5.74, 6) is 0.408. The maximum Gasteiger partial charge on any atom is 0.340 e. The molecule has 0 aliphatic carbocycles. The highest BCUT2D eigenvalue weighted by atomic mass is 16.6. The van der Waals surface area contributed by atoms with E-state index >= 15 is 0 Å². The summed E-state index contributed by atoms with van der Waals surface area (Å²) in [5, 5.41) is 19.7. The summed E-state index contributed by atoms with van der Waals surface area (Å²) in [6.07, 6.45) is 3.42. The Balaban J connectivity index is 0.000000307. The second kappa shape index (κ2) is 8.61. The van der Waals surface area contributed by atoms with Crippen molar-refractivity contribution in [1.29, 1.82) is 0 Å². The Labute approximate surface area is 185 Å². The average molecular weight is 430 g/mol. The van der Waals surface area contributed by atoms with Gasteiger partial charge in [-0.3, -0.25) is 0 Å². The standard InChI is InChI=1S/C20H12O5.C6H10O/c21-11-5-7-15-17(9-11)24-18-10-12(22)6-8-16(18)20(15)14-4-2-1-3-13(14)19(23)25-20;1-3-5-7-6-4-2/h1-10,21-22H;3-4H,1-2,5-6H2. The molecule has 0 bridgehead atoms. The third-order valence-corrected chi connectivity index (χ3v) is 5.15. The smallest absolute Gasteiger partial charge is 0.340 e. The first-order chi connectivity index (χ1) is 15.5. The summed E-state index contributed by atoms with van der Waals surface area (Å²) >= 11 is 0. The summed E-state index contributed by atoms with van der Waals surface area (Å²) in [7, 11) is 0. The zero-order valence-electron chi connectivity index (χ0n) is 17.3. The summed E-state index contributed by atoms with van der Waals surface area (Å²) in [6.45, 7) is 8.18. The van der Waals surface area contributed by atoms with Crippen molar-refractivity contribution in [3.63, 3.8) is 0 Å². The molecule has 2 aliphatic rings. The molecule has 6 nitrogen and oxygen atoms in total. The minimum Gasteiger partial charge on any atom is -0.508 e. The van der Waals surface area contributed by atoms with Crippen LogP contribution in [-0.4, -0.2) is 29.4 Å². The van der Waals surface area contributed by atoms with Crippen molar-refractivity contribution in [3.05, 3.63) is 108 Å². The molecule has 3 aromatic rings. The molecule has 0 fully saturated rings. The zero-order chi connectivity index (χ0) is 22.7. The van der Waals surface area contributed by atoms with Gasteiger partial charge in [0.25, 0.3) is 0 Å². The summed E-state index contributed by atoms with van der Waals surface area (Å²) in [4.78, 5) is 12.5. The van der Waals surface area contributed by atoms with Gasteiger partial charge < -0.3 is 24.4 Å². The number of carbonyl (C=O) groups is 1. The van der Waals surface area contributed by atoms with E-state index in [1.165, 1.54) is 24.3 Å². The first-order valence-electron chi connectivity index (χ1n) is 9.98. The Morgan fingerprint density at radius 2 is 1.41 bits per heavy atom. The molecule has 2 N–H and O–H groups in total. The van der Waals surface area contributed by atoms with Gasteiger partial charge in [0, 0.05) is 28.8 Å². The second-order valence-corrected chi connectivity index (χ2v) is 7.19. The van der Waals surface area contributed by atoms with E-state index in [0.29, 0.717) is 47.0 Å². The minimum atomic E-state index is -1.17. The van der Waals surface area contributed by atoms with Gasteiger partial charge in [-0.25, -0.2) is 4.79 Å². The molecule has 6 heteroatoms. The van der Waals surface area contributed by atoms with E-state index < -0.39 is 11.6 Å². The molecule has 1 spiro atoms. The van der Waals surface area contributed by atoms with Gasteiger partial charge in [-0.2, -0.15) is 0 Å². The van der Waals surface area contributed by atoms with Crippen LogP contribution in [0.3, 0.4) is 0 Å². The quantitative estimate of drug-likeness (QED) is 0.343. The Morgan fingerprint density at radius 1 is 0.844 bits per heavy atom. The summed E-state index contributed by atoms with van der Waals surface area (Å²) < 4.78 is 16.7. The lowest BCUT2D eigenvalue weighted by Crippen LogP contribution is -2.32. The van der Waals surface area contributed by atoms with Crippen molar-refractivity contribution in [2.75, 3.05) is 13.2 Å². The zero-order valence-corrected chi connectivity index (χ0v) is 17.3. The van der Waals surface area contributed by atoms with Gasteiger partial charge in [0.15, 0.2) is 5.60 Å². The van der Waals surface area contributed by atoms with Crippen LogP contribution in [0.5, 0.6) is 23.0 Å². The van der Waals surface area contributed by atoms with Crippen LogP contribution in [0.2, 0.25) is 0 Å². The number of esters is 1. The Hall–Kier alpha value is -4.03. The number of phenolic OH excluding ortho intramolecular Hbond substituents is 2. The van der Waals surface area contributed by atoms with Gasteiger partial charge in [-0.15, -0.1) is 13.2 Å². The van der Waals surface area contributed by atoms with Crippen molar-refractivity contribution < 1.29 is 29.2 Å². The number of fused-ring (bicyclic) bond motifs is 6. The van der Waals surface area contributed by atoms with Gasteiger partial charge >= 0.3 is 5.97 Å². The maximum atomic E-state index is 12.5. The van der Waals surface area contributed by atoms with Crippen molar-refractivity contribution in [1.82, 2.24) is 0 Å². The van der Waals surface area contributed by atoms with E-state index in [1.807, 2.05) is 12.1 Å². The van der Waals surface area contributed by atoms with Crippen LogP contribution in [0.15, 0.2) is 86.0 Å². The molecule has 2 heterocycles. The first kappa shape index (κ1) is 21.2. The molecule has 0 saturated carbocycles. The fourth-order valence-electron chi connectivity index (χ4n) is 3.89. The number of aromatic hydroxyl groups is 2. The van der Waals surface area contributed by atoms with Crippen LogP contribution < -0.4 is 4.74 Å². The van der Waals surface area contributed by atoms with E-state index in [0.717, 1.165) is 0 Å². The second-order valence-electron chi connectivity index (χ2n) is 7.19. The number of hydrogen-bond donors (Lipinski definition) is 2. The lowest BCUT2D eigenvalue weighted by atomic mass is 9.77. The van der Waals surface area contributed by atoms with Crippen LogP contribution in [0.4, 0.5) is 0 Å². The molecule has 0 unspecified atom stereocenters. The van der Waals surface area contributed by atoms with Crippen molar-refractivity contribution in [3.8, 4) is 23.0 Å². The van der Waals surface area contributed by atoms with Crippen LogP contribution in [0, 0.1) is 0 Å². The lowest BCUT2D eigenvalue weighted by Gasteiger charge is -2.36. The van der Waals surface area contributed by atoms with Crippen LogP contribution in [0.25, 0.3) is 0 Å². The van der Waals surface area contributed by atoms with E-state index in [1.54, 1.807) is 36.4 Å². The number of ether oxygens (including phenoxy) is 3. The minimum absolute atomic E-state index is 0.0371. The summed E-state index contributed by atoms with van der Waals surface area (Å²) in [6, 6.07) is 16.6. The first-order valence-corrected chi connectivity index (χ1v) is 9.98. The third kappa shape index (κ3) is 3.50. The SMILES string of the molecule is C=CCOCC=C.O=C1OC2(c3ccc(O)cc3Oc3cc(O)ccc32)c2ccccc21. The highest BCUT2D eigenvalue weighted by molar-refractivity contribution is 5.97. The lowest BCUT2D eigenvalue weighted by molar-refractivity contribution is 0.0224. The van der Waals surface area contributed by atoms with Gasteiger partial charge in [-0.1, -0.05) is 30.4 Å². The highest BCUT2D eigenvalue weighted by Crippen LogP contribution is 2.56. The van der Waals surface area contributed by atoms with Crippen LogP contribution >= 0.6 is 0 Å². The predicted molar refractivity (Wildman–Crippen MR) is 119 cm³/mol. The van der Waals surface area contributed by atoms with Crippen molar-refractivity contribution in [2.24, 2.45) is 0 Å². The van der Waals surface area contributed by atoms with E-state index in [4.69, 9.17) is 14.2 Å². The number of phenols is 2. The van der Waals surface area contributed by atoms with Crippen LogP contribution in [0.1, 0.15) is 27.0 Å². The number of carbonyl (C=O) groups excluding carboxylic acids is 1. The Morgan fingerprint density at radius 3 is 1.97 bits per heavy atom. The molecule has 0 radical (unpaired) electrons. The fraction of sp³-hybridized carbons (Fsp3) is 0.115. The fourth-order valence-corrected chi connectivity index (χ4v) is 3.89. The molecule has 32 heavy (non-hydrogen) atoms. The topological polar surface area (TPSA) is 85.2 Å². The normalized spacial score (nSPS) is 14.1. The molecular weight excluding hydrogens is 408 g/mol. The molecule has 3 aromatic carbocycles. The van der Waals surface area contributed by atoms with Crippen molar-refractivity contribution >= 4 is 5.97 Å². The number of benzene rings is 3. The van der Waals surface area contributed by atoms with E-state index in [2.05, 4.69) is 13.2 Å². The Bertz CT molecular complexity index is 1140. The van der Waals surface area contributed by atoms with Crippen molar-refractivity contribution in [2.45, 2.75) is 5.60 Å². The molecule has 2 aliphatic heterocycles. The molecule has 162 valence electrons. The maximum absolute atomic E-state index is 12.5. The molecule has 0 atom stereocenters. The van der Waals surface area contributed by atoms with E-state index in [-0.39, 0.29) is 11.5 Å².